The van der Waals surface area contributed by atoms with E-state index in [1.807, 2.05) is 13.0 Å². The lowest BCUT2D eigenvalue weighted by Crippen LogP contribution is -2.17. The van der Waals surface area contributed by atoms with Crippen molar-refractivity contribution in [1.82, 2.24) is 0 Å². The Hall–Kier alpha value is -4.39. The quantitative estimate of drug-likeness (QED) is 0.363. The number of fused-ring (bicyclic) bond motifs is 1. The number of primary amides is 1. The minimum atomic E-state index is -0.632. The van der Waals surface area contributed by atoms with E-state index in [1.54, 1.807) is 56.7 Å². The number of amides is 2. The van der Waals surface area contributed by atoms with Crippen LogP contribution in [0.25, 0.3) is 27.7 Å². The molecule has 34 heavy (non-hydrogen) atoms. The number of methoxy groups -OCH3 is 1. The molecular weight excluding hydrogens is 435 g/mol. The van der Waals surface area contributed by atoms with E-state index in [2.05, 4.69) is 5.32 Å². The Kier molecular flexibility index (Phi) is 6.19. The molecule has 0 fully saturated rings. The Morgan fingerprint density at radius 3 is 2.47 bits per heavy atom. The molecule has 0 saturated heterocycles. The normalized spacial score (nSPS) is 11.5. The summed E-state index contributed by atoms with van der Waals surface area (Å²) < 4.78 is 24.9. The largest absolute Gasteiger partial charge is 0.496 e. The van der Waals surface area contributed by atoms with E-state index in [0.717, 1.165) is 22.1 Å². The molecule has 2 amide bonds. The summed E-state index contributed by atoms with van der Waals surface area (Å²) in [4.78, 5) is 24.4. The first-order valence-corrected chi connectivity index (χ1v) is 10.5. The topological polar surface area (TPSA) is 94.6 Å². The van der Waals surface area contributed by atoms with Crippen molar-refractivity contribution in [3.8, 4) is 16.9 Å². The lowest BCUT2D eigenvalue weighted by atomic mass is 9.96. The SMILES string of the molecule is COc1c(/C(C)=C/C(=O)Nc2ccccc2C(N)=O)cc2c(-c3ccc(F)cc3)coc2c1C. The highest BCUT2D eigenvalue weighted by molar-refractivity contribution is 6.09. The van der Waals surface area contributed by atoms with Gasteiger partial charge >= 0.3 is 0 Å². The van der Waals surface area contributed by atoms with Gasteiger partial charge in [-0.1, -0.05) is 24.3 Å². The maximum absolute atomic E-state index is 13.4. The van der Waals surface area contributed by atoms with Gasteiger partial charge in [0.05, 0.1) is 24.6 Å². The summed E-state index contributed by atoms with van der Waals surface area (Å²) in [7, 11) is 1.55. The van der Waals surface area contributed by atoms with Crippen LogP contribution in [0.3, 0.4) is 0 Å². The minimum Gasteiger partial charge on any atom is -0.496 e. The number of para-hydroxylation sites is 1. The van der Waals surface area contributed by atoms with E-state index in [1.165, 1.54) is 18.2 Å². The van der Waals surface area contributed by atoms with Crippen molar-refractivity contribution in [1.29, 1.82) is 0 Å². The molecule has 0 aliphatic rings. The van der Waals surface area contributed by atoms with Gasteiger partial charge in [-0.3, -0.25) is 9.59 Å². The van der Waals surface area contributed by atoms with E-state index in [4.69, 9.17) is 14.9 Å². The predicted octanol–water partition coefficient (Wildman–Crippen LogP) is 5.70. The van der Waals surface area contributed by atoms with Gasteiger partial charge < -0.3 is 20.2 Å². The molecule has 0 bridgehead atoms. The molecule has 1 heterocycles. The molecule has 0 spiro atoms. The number of rotatable bonds is 6. The summed E-state index contributed by atoms with van der Waals surface area (Å²) in [5, 5.41) is 3.52. The molecule has 0 saturated carbocycles. The zero-order valence-corrected chi connectivity index (χ0v) is 18.9. The van der Waals surface area contributed by atoms with E-state index in [9.17, 15) is 14.0 Å². The van der Waals surface area contributed by atoms with Crippen molar-refractivity contribution in [2.75, 3.05) is 12.4 Å². The number of allylic oxidation sites excluding steroid dienone is 1. The molecule has 0 aliphatic carbocycles. The van der Waals surface area contributed by atoms with Gasteiger partial charge in [-0.05, 0) is 55.3 Å². The van der Waals surface area contributed by atoms with Crippen LogP contribution in [0.4, 0.5) is 10.1 Å². The van der Waals surface area contributed by atoms with E-state index in [-0.39, 0.29) is 11.4 Å². The molecule has 7 heteroatoms. The summed E-state index contributed by atoms with van der Waals surface area (Å²) in [5.74, 6) is -0.797. The van der Waals surface area contributed by atoms with Crippen molar-refractivity contribution in [3.05, 3.63) is 89.4 Å². The number of hydrogen-bond donors (Lipinski definition) is 2. The molecule has 0 atom stereocenters. The molecule has 0 unspecified atom stereocenters. The van der Waals surface area contributed by atoms with E-state index in [0.29, 0.717) is 28.2 Å². The van der Waals surface area contributed by atoms with Crippen molar-refractivity contribution in [3.63, 3.8) is 0 Å². The van der Waals surface area contributed by atoms with Gasteiger partial charge in [0, 0.05) is 28.2 Å². The standard InChI is InChI=1S/C27H23FN2O4/c1-15(12-24(31)30-23-7-5-4-6-19(23)27(29)32)20-13-21-22(17-8-10-18(28)11-9-17)14-34-26(21)16(2)25(20)33-3/h4-14H,1-3H3,(H2,29,32)(H,30,31)/b15-12+. The predicted molar refractivity (Wildman–Crippen MR) is 130 cm³/mol. The third-order valence-electron chi connectivity index (χ3n) is 5.63. The molecule has 4 rings (SSSR count). The van der Waals surface area contributed by atoms with Crippen molar-refractivity contribution >= 4 is 34.0 Å². The Morgan fingerprint density at radius 1 is 1.09 bits per heavy atom. The van der Waals surface area contributed by atoms with Crippen molar-refractivity contribution in [2.45, 2.75) is 13.8 Å². The van der Waals surface area contributed by atoms with Crippen LogP contribution >= 0.6 is 0 Å². The first-order chi connectivity index (χ1) is 16.3. The molecule has 1 aromatic heterocycles. The fourth-order valence-corrected chi connectivity index (χ4v) is 3.97. The Morgan fingerprint density at radius 2 is 1.79 bits per heavy atom. The van der Waals surface area contributed by atoms with Crippen LogP contribution in [-0.4, -0.2) is 18.9 Å². The summed E-state index contributed by atoms with van der Waals surface area (Å²) in [6, 6.07) is 14.6. The van der Waals surface area contributed by atoms with Crippen LogP contribution in [0.2, 0.25) is 0 Å². The number of carbonyl (C=O) groups excluding carboxylic acids is 2. The molecule has 0 aliphatic heterocycles. The van der Waals surface area contributed by atoms with Gasteiger partial charge in [-0.25, -0.2) is 4.39 Å². The van der Waals surface area contributed by atoms with Crippen LogP contribution in [0.15, 0.2) is 71.4 Å². The maximum Gasteiger partial charge on any atom is 0.250 e. The monoisotopic (exact) mass is 458 g/mol. The van der Waals surface area contributed by atoms with Gasteiger partial charge in [-0.2, -0.15) is 0 Å². The second-order valence-electron chi connectivity index (χ2n) is 7.84. The van der Waals surface area contributed by atoms with Gasteiger partial charge in [0.1, 0.15) is 17.1 Å². The lowest BCUT2D eigenvalue weighted by molar-refractivity contribution is -0.111. The molecule has 3 N–H and O–H groups in total. The summed E-state index contributed by atoms with van der Waals surface area (Å²) in [6.45, 7) is 3.67. The lowest BCUT2D eigenvalue weighted by Gasteiger charge is -2.13. The first-order valence-electron chi connectivity index (χ1n) is 10.5. The van der Waals surface area contributed by atoms with Gasteiger partial charge in [0.2, 0.25) is 5.91 Å². The van der Waals surface area contributed by atoms with Crippen LogP contribution < -0.4 is 15.8 Å². The van der Waals surface area contributed by atoms with E-state index < -0.39 is 11.8 Å². The van der Waals surface area contributed by atoms with Gasteiger partial charge in [0.25, 0.3) is 5.91 Å². The second-order valence-corrected chi connectivity index (χ2v) is 7.84. The number of anilines is 1. The number of hydrogen-bond acceptors (Lipinski definition) is 4. The first kappa shape index (κ1) is 22.8. The third kappa shape index (κ3) is 4.28. The highest BCUT2D eigenvalue weighted by Gasteiger charge is 2.19. The molecular formula is C27H23FN2O4. The average molecular weight is 458 g/mol. The summed E-state index contributed by atoms with van der Waals surface area (Å²) in [6.07, 6.45) is 3.05. The number of halogens is 1. The number of nitrogens with one attached hydrogen (secondary N) is 1. The third-order valence-corrected chi connectivity index (χ3v) is 5.63. The number of carbonyl (C=O) groups is 2. The summed E-state index contributed by atoms with van der Waals surface area (Å²) in [5.41, 5.74) is 10.3. The van der Waals surface area contributed by atoms with Crippen LogP contribution in [0.1, 0.15) is 28.4 Å². The van der Waals surface area contributed by atoms with Crippen LogP contribution in [0, 0.1) is 12.7 Å². The number of furan rings is 1. The smallest absolute Gasteiger partial charge is 0.250 e. The highest BCUT2D eigenvalue weighted by atomic mass is 19.1. The van der Waals surface area contributed by atoms with Crippen molar-refractivity contribution < 1.29 is 23.1 Å². The average Bonchev–Trinajstić information content (AvgIpc) is 3.24. The zero-order valence-electron chi connectivity index (χ0n) is 18.9. The van der Waals surface area contributed by atoms with Crippen LogP contribution in [0.5, 0.6) is 5.75 Å². The Labute approximate surface area is 195 Å². The minimum absolute atomic E-state index is 0.221. The molecule has 172 valence electrons. The highest BCUT2D eigenvalue weighted by Crippen LogP contribution is 2.40. The maximum atomic E-state index is 13.4. The molecule has 6 nitrogen and oxygen atoms in total. The Balaban J connectivity index is 1.76. The van der Waals surface area contributed by atoms with Gasteiger partial charge in [-0.15, -0.1) is 0 Å². The van der Waals surface area contributed by atoms with E-state index >= 15 is 0 Å². The number of ether oxygens (including phenoxy) is 1. The fourth-order valence-electron chi connectivity index (χ4n) is 3.97. The second kappa shape index (κ2) is 9.23. The number of benzene rings is 3. The molecule has 4 aromatic rings. The number of nitrogens with two attached hydrogens (primary N) is 1. The number of aryl methyl sites for hydroxylation is 1. The Bertz CT molecular complexity index is 1440. The fraction of sp³-hybridized carbons (Fsp3) is 0.111. The van der Waals surface area contributed by atoms with Gasteiger partial charge in [0.15, 0.2) is 0 Å². The van der Waals surface area contributed by atoms with Crippen LogP contribution in [-0.2, 0) is 4.79 Å². The molecule has 0 radical (unpaired) electrons. The van der Waals surface area contributed by atoms with Crippen molar-refractivity contribution in [2.24, 2.45) is 5.73 Å². The molecule has 3 aromatic carbocycles. The zero-order chi connectivity index (χ0) is 24.4. The summed E-state index contributed by atoms with van der Waals surface area (Å²) >= 11 is 0.